The lowest BCUT2D eigenvalue weighted by Crippen LogP contribution is -2.45. The van der Waals surface area contributed by atoms with Crippen LogP contribution in [0.2, 0.25) is 0 Å². The molecule has 0 saturated heterocycles. The van der Waals surface area contributed by atoms with Crippen LogP contribution in [0, 0.1) is 17.0 Å². The molecule has 1 heterocycles. The molecule has 2 aromatic carbocycles. The van der Waals surface area contributed by atoms with Gasteiger partial charge in [-0.25, -0.2) is 0 Å². The number of carbonyl (C=O) groups is 1. The fourth-order valence-electron chi connectivity index (χ4n) is 2.87. The molecule has 1 aliphatic rings. The Balaban J connectivity index is 1.92. The molecule has 0 bridgehead atoms. The highest BCUT2D eigenvalue weighted by atomic mass is 32.1. The van der Waals surface area contributed by atoms with E-state index in [9.17, 15) is 14.9 Å². The summed E-state index contributed by atoms with van der Waals surface area (Å²) in [6.07, 6.45) is 0. The minimum Gasteiger partial charge on any atom is -0.351 e. The van der Waals surface area contributed by atoms with Crippen molar-refractivity contribution in [3.63, 3.8) is 0 Å². The summed E-state index contributed by atoms with van der Waals surface area (Å²) in [6.45, 7) is 3.74. The average Bonchev–Trinajstić information content (AvgIpc) is 2.63. The zero-order chi connectivity index (χ0) is 19.6. The second-order valence-corrected chi connectivity index (χ2v) is 6.65. The van der Waals surface area contributed by atoms with Gasteiger partial charge in [-0.3, -0.25) is 14.9 Å². The molecule has 0 saturated carbocycles. The lowest BCUT2D eigenvalue weighted by atomic mass is 9.94. The molecule has 3 N–H and O–H groups in total. The summed E-state index contributed by atoms with van der Waals surface area (Å²) in [5.41, 5.74) is 3.57. The van der Waals surface area contributed by atoms with Gasteiger partial charge in [-0.05, 0) is 55.9 Å². The van der Waals surface area contributed by atoms with Crippen molar-refractivity contribution >= 4 is 34.6 Å². The summed E-state index contributed by atoms with van der Waals surface area (Å²) in [6, 6.07) is 13.0. The number of amides is 1. The Morgan fingerprint density at radius 3 is 2.33 bits per heavy atom. The highest BCUT2D eigenvalue weighted by Gasteiger charge is 2.30. The molecule has 0 aromatic heterocycles. The molecule has 0 fully saturated rings. The van der Waals surface area contributed by atoms with Gasteiger partial charge >= 0.3 is 0 Å². The van der Waals surface area contributed by atoms with E-state index in [0.717, 1.165) is 5.56 Å². The van der Waals surface area contributed by atoms with E-state index in [1.54, 1.807) is 19.1 Å². The molecule has 0 spiro atoms. The number of nitro benzene ring substituents is 1. The first-order valence-electron chi connectivity index (χ1n) is 8.26. The molecule has 8 heteroatoms. The largest absolute Gasteiger partial charge is 0.351 e. The van der Waals surface area contributed by atoms with Crippen LogP contribution < -0.4 is 16.0 Å². The highest BCUT2D eigenvalue weighted by molar-refractivity contribution is 7.80. The topological polar surface area (TPSA) is 96.3 Å². The van der Waals surface area contributed by atoms with Crippen molar-refractivity contribution in [3.8, 4) is 0 Å². The van der Waals surface area contributed by atoms with Crippen LogP contribution in [-0.4, -0.2) is 15.9 Å². The number of benzene rings is 2. The van der Waals surface area contributed by atoms with Gasteiger partial charge < -0.3 is 16.0 Å². The first-order valence-corrected chi connectivity index (χ1v) is 8.66. The van der Waals surface area contributed by atoms with E-state index >= 15 is 0 Å². The maximum Gasteiger partial charge on any atom is 0.269 e. The maximum atomic E-state index is 12.9. The Morgan fingerprint density at radius 1 is 1.11 bits per heavy atom. The zero-order valence-electron chi connectivity index (χ0n) is 14.8. The summed E-state index contributed by atoms with van der Waals surface area (Å²) in [7, 11) is 0. The molecule has 1 aliphatic heterocycles. The Hall–Kier alpha value is -3.26. The smallest absolute Gasteiger partial charge is 0.269 e. The van der Waals surface area contributed by atoms with Gasteiger partial charge in [-0.2, -0.15) is 0 Å². The fraction of sp³-hybridized carbons (Fsp3) is 0.158. The predicted molar refractivity (Wildman–Crippen MR) is 107 cm³/mol. The van der Waals surface area contributed by atoms with E-state index in [1.165, 1.54) is 12.1 Å². The molecular weight excluding hydrogens is 364 g/mol. The van der Waals surface area contributed by atoms with Crippen LogP contribution in [0.15, 0.2) is 59.8 Å². The lowest BCUT2D eigenvalue weighted by molar-refractivity contribution is -0.384. The van der Waals surface area contributed by atoms with Gasteiger partial charge in [0.2, 0.25) is 0 Å². The number of nitro groups is 1. The second-order valence-electron chi connectivity index (χ2n) is 6.24. The van der Waals surface area contributed by atoms with Gasteiger partial charge in [-0.1, -0.05) is 17.7 Å². The van der Waals surface area contributed by atoms with Crippen molar-refractivity contribution in [2.24, 2.45) is 0 Å². The number of nitrogens with zero attached hydrogens (tertiary/aromatic N) is 1. The van der Waals surface area contributed by atoms with Crippen molar-refractivity contribution in [1.29, 1.82) is 0 Å². The van der Waals surface area contributed by atoms with E-state index < -0.39 is 11.0 Å². The number of carbonyl (C=O) groups excluding carboxylic acids is 1. The van der Waals surface area contributed by atoms with Crippen molar-refractivity contribution in [3.05, 3.63) is 81.0 Å². The molecular formula is C19H18N4O3S. The van der Waals surface area contributed by atoms with Gasteiger partial charge in [0.25, 0.3) is 11.6 Å². The molecule has 0 unspecified atom stereocenters. The monoisotopic (exact) mass is 382 g/mol. The highest BCUT2D eigenvalue weighted by Crippen LogP contribution is 2.29. The van der Waals surface area contributed by atoms with Crippen LogP contribution >= 0.6 is 12.2 Å². The van der Waals surface area contributed by atoms with E-state index in [0.29, 0.717) is 27.6 Å². The molecule has 1 amide bonds. The average molecular weight is 382 g/mol. The number of anilines is 1. The van der Waals surface area contributed by atoms with Crippen molar-refractivity contribution in [1.82, 2.24) is 10.6 Å². The molecule has 1 atom stereocenters. The van der Waals surface area contributed by atoms with Crippen LogP contribution in [-0.2, 0) is 4.79 Å². The van der Waals surface area contributed by atoms with Gasteiger partial charge in [0.05, 0.1) is 16.5 Å². The number of aryl methyl sites for hydroxylation is 1. The van der Waals surface area contributed by atoms with E-state index in [2.05, 4.69) is 16.0 Å². The van der Waals surface area contributed by atoms with Gasteiger partial charge in [0, 0.05) is 23.5 Å². The van der Waals surface area contributed by atoms with Crippen LogP contribution in [0.5, 0.6) is 0 Å². The minimum absolute atomic E-state index is 0.0124. The number of allylic oxidation sites excluding steroid dienone is 1. The molecule has 0 radical (unpaired) electrons. The van der Waals surface area contributed by atoms with Crippen LogP contribution in [0.4, 0.5) is 11.4 Å². The number of hydrogen-bond donors (Lipinski definition) is 3. The number of non-ortho nitro benzene ring substituents is 1. The van der Waals surface area contributed by atoms with Gasteiger partial charge in [0.1, 0.15) is 0 Å². The molecule has 0 aliphatic carbocycles. The summed E-state index contributed by atoms with van der Waals surface area (Å²) < 4.78 is 0. The number of rotatable bonds is 4. The van der Waals surface area contributed by atoms with Crippen molar-refractivity contribution < 1.29 is 9.72 Å². The van der Waals surface area contributed by atoms with Gasteiger partial charge in [0.15, 0.2) is 5.11 Å². The summed E-state index contributed by atoms with van der Waals surface area (Å²) in [5.74, 6) is -0.276. The normalized spacial score (nSPS) is 16.4. The van der Waals surface area contributed by atoms with E-state index in [4.69, 9.17) is 12.2 Å². The van der Waals surface area contributed by atoms with Crippen LogP contribution in [0.1, 0.15) is 24.1 Å². The third kappa shape index (κ3) is 4.12. The third-order valence-electron chi connectivity index (χ3n) is 4.26. The van der Waals surface area contributed by atoms with E-state index in [-0.39, 0.29) is 11.6 Å². The van der Waals surface area contributed by atoms with Crippen molar-refractivity contribution in [2.75, 3.05) is 5.32 Å². The Labute approximate surface area is 161 Å². The molecule has 27 heavy (non-hydrogen) atoms. The summed E-state index contributed by atoms with van der Waals surface area (Å²) in [4.78, 5) is 23.3. The second kappa shape index (κ2) is 7.55. The maximum absolute atomic E-state index is 12.9. The quantitative estimate of drug-likeness (QED) is 0.426. The summed E-state index contributed by atoms with van der Waals surface area (Å²) in [5, 5.41) is 20.2. The molecule has 138 valence electrons. The molecule has 3 rings (SSSR count). The van der Waals surface area contributed by atoms with Gasteiger partial charge in [-0.15, -0.1) is 0 Å². The first kappa shape index (κ1) is 18.5. The number of hydrogen-bond acceptors (Lipinski definition) is 4. The standard InChI is InChI=1S/C19H18N4O3S/c1-11-3-7-14(8-4-11)21-18(24)16-12(2)20-19(27)22-17(16)13-5-9-15(10-6-13)23(25)26/h3-10,17H,1-2H3,(H,21,24)(H2,20,22,27)/t17-/m0/s1. The lowest BCUT2D eigenvalue weighted by Gasteiger charge is -2.30. The first-order chi connectivity index (χ1) is 12.8. The Morgan fingerprint density at radius 2 is 1.74 bits per heavy atom. The van der Waals surface area contributed by atoms with Crippen LogP contribution in [0.25, 0.3) is 0 Å². The number of nitrogens with one attached hydrogen (secondary N) is 3. The minimum atomic E-state index is -0.509. The SMILES string of the molecule is CC1=C(C(=O)Nc2ccc(C)cc2)[C@H](c2ccc([N+](=O)[O-])cc2)NC(=S)N1. The van der Waals surface area contributed by atoms with Crippen LogP contribution in [0.3, 0.4) is 0 Å². The predicted octanol–water partition coefficient (Wildman–Crippen LogP) is 3.33. The number of thiocarbonyl (C=S) groups is 1. The Kier molecular flexibility index (Phi) is 5.18. The summed E-state index contributed by atoms with van der Waals surface area (Å²) >= 11 is 5.21. The zero-order valence-corrected chi connectivity index (χ0v) is 15.6. The molecule has 7 nitrogen and oxygen atoms in total. The Bertz CT molecular complexity index is 936. The fourth-order valence-corrected chi connectivity index (χ4v) is 3.14. The third-order valence-corrected chi connectivity index (χ3v) is 4.48. The molecule has 2 aromatic rings. The van der Waals surface area contributed by atoms with Crippen molar-refractivity contribution in [2.45, 2.75) is 19.9 Å². The van der Waals surface area contributed by atoms with E-state index in [1.807, 2.05) is 31.2 Å².